The number of hydrogen-bond donors (Lipinski definition) is 1. The lowest BCUT2D eigenvalue weighted by Gasteiger charge is -2.27. The Labute approximate surface area is 167 Å². The van der Waals surface area contributed by atoms with Crippen LogP contribution in [0.1, 0.15) is 29.9 Å². The minimum absolute atomic E-state index is 0. The van der Waals surface area contributed by atoms with E-state index >= 15 is 0 Å². The van der Waals surface area contributed by atoms with Crippen molar-refractivity contribution in [3.63, 3.8) is 0 Å². The maximum Gasteiger partial charge on any atom is 0.409 e. The molecule has 1 N–H and O–H groups in total. The zero-order chi connectivity index (χ0) is 17.9. The van der Waals surface area contributed by atoms with Crippen LogP contribution in [0.25, 0.3) is 11.1 Å². The lowest BCUT2D eigenvalue weighted by Crippen LogP contribution is -2.39. The molecule has 1 aliphatic heterocycles. The molecule has 1 aliphatic carbocycles. The van der Waals surface area contributed by atoms with E-state index in [1.165, 1.54) is 35.1 Å². The van der Waals surface area contributed by atoms with Crippen molar-refractivity contribution in [3.8, 4) is 11.1 Å². The molecule has 1 unspecified atom stereocenters. The number of benzene rings is 2. The van der Waals surface area contributed by atoms with E-state index in [0.29, 0.717) is 12.5 Å². The van der Waals surface area contributed by atoms with Gasteiger partial charge in [0.2, 0.25) is 0 Å². The van der Waals surface area contributed by atoms with Crippen LogP contribution in [0.15, 0.2) is 48.5 Å². The van der Waals surface area contributed by atoms with Gasteiger partial charge in [-0.15, -0.1) is 12.4 Å². The quantitative estimate of drug-likeness (QED) is 0.852. The molecule has 0 saturated carbocycles. The smallest absolute Gasteiger partial charge is 0.409 e. The molecule has 0 spiro atoms. The number of halogens is 1. The van der Waals surface area contributed by atoms with Crippen molar-refractivity contribution in [2.75, 3.05) is 33.3 Å². The summed E-state index contributed by atoms with van der Waals surface area (Å²) in [4.78, 5) is 14.2. The number of piperidine rings is 1. The molecular formula is C22H27ClN2O2. The molecule has 1 atom stereocenters. The van der Waals surface area contributed by atoms with Gasteiger partial charge in [0.1, 0.15) is 6.61 Å². The summed E-state index contributed by atoms with van der Waals surface area (Å²) >= 11 is 0. The molecule has 2 aliphatic rings. The van der Waals surface area contributed by atoms with E-state index in [0.717, 1.165) is 19.6 Å². The van der Waals surface area contributed by atoms with Gasteiger partial charge in [-0.05, 0) is 54.1 Å². The molecule has 2 aromatic carbocycles. The third kappa shape index (κ3) is 4.12. The number of ether oxygens (including phenoxy) is 1. The molecule has 1 heterocycles. The van der Waals surface area contributed by atoms with Crippen LogP contribution < -0.4 is 5.32 Å². The zero-order valence-corrected chi connectivity index (χ0v) is 16.5. The van der Waals surface area contributed by atoms with Crippen molar-refractivity contribution in [1.29, 1.82) is 0 Å². The van der Waals surface area contributed by atoms with Crippen molar-refractivity contribution in [1.82, 2.24) is 10.2 Å². The van der Waals surface area contributed by atoms with E-state index in [-0.39, 0.29) is 24.4 Å². The van der Waals surface area contributed by atoms with Gasteiger partial charge in [0.25, 0.3) is 0 Å². The van der Waals surface area contributed by atoms with Crippen molar-refractivity contribution >= 4 is 18.5 Å². The molecule has 4 nitrogen and oxygen atoms in total. The van der Waals surface area contributed by atoms with Crippen molar-refractivity contribution in [2.45, 2.75) is 18.8 Å². The van der Waals surface area contributed by atoms with Crippen molar-refractivity contribution in [2.24, 2.45) is 5.92 Å². The van der Waals surface area contributed by atoms with Crippen LogP contribution in [0.3, 0.4) is 0 Å². The van der Waals surface area contributed by atoms with Crippen LogP contribution in [-0.4, -0.2) is 44.3 Å². The fraction of sp³-hybridized carbons (Fsp3) is 0.409. The lowest BCUT2D eigenvalue weighted by atomic mass is 9.98. The first kappa shape index (κ1) is 19.7. The number of amides is 1. The van der Waals surface area contributed by atoms with Crippen molar-refractivity contribution in [3.05, 3.63) is 59.7 Å². The normalized spacial score (nSPS) is 18.2. The van der Waals surface area contributed by atoms with Crippen LogP contribution in [-0.2, 0) is 4.74 Å². The van der Waals surface area contributed by atoms with Gasteiger partial charge in [-0.1, -0.05) is 48.5 Å². The Balaban J connectivity index is 0.00000210. The molecule has 0 bridgehead atoms. The molecule has 0 radical (unpaired) electrons. The number of nitrogens with zero attached hydrogens (tertiary/aromatic N) is 1. The fourth-order valence-corrected chi connectivity index (χ4v) is 4.25. The first-order valence-corrected chi connectivity index (χ1v) is 9.51. The highest BCUT2D eigenvalue weighted by atomic mass is 35.5. The summed E-state index contributed by atoms with van der Waals surface area (Å²) in [6.45, 7) is 3.22. The number of carbonyl (C=O) groups is 1. The van der Waals surface area contributed by atoms with Crippen LogP contribution in [0.4, 0.5) is 4.79 Å². The van der Waals surface area contributed by atoms with E-state index in [2.05, 4.69) is 53.8 Å². The second kappa shape index (κ2) is 8.77. The second-order valence-corrected chi connectivity index (χ2v) is 7.40. The Bertz CT molecular complexity index is 744. The zero-order valence-electron chi connectivity index (χ0n) is 15.7. The molecule has 0 aromatic heterocycles. The molecule has 5 heteroatoms. The highest BCUT2D eigenvalue weighted by Gasteiger charge is 2.29. The van der Waals surface area contributed by atoms with E-state index in [1.807, 2.05) is 7.05 Å². The molecule has 1 amide bonds. The van der Waals surface area contributed by atoms with Gasteiger partial charge in [0, 0.05) is 19.5 Å². The molecule has 4 rings (SSSR count). The number of hydrogen-bond acceptors (Lipinski definition) is 3. The SMILES string of the molecule is CN(CC1CCCNC1)C(=O)OCC1c2ccccc2-c2ccccc21.Cl. The molecule has 1 saturated heterocycles. The van der Waals surface area contributed by atoms with E-state index in [4.69, 9.17) is 4.74 Å². The second-order valence-electron chi connectivity index (χ2n) is 7.40. The maximum atomic E-state index is 12.5. The number of rotatable bonds is 4. The van der Waals surface area contributed by atoms with Crippen LogP contribution in [0.5, 0.6) is 0 Å². The summed E-state index contributed by atoms with van der Waals surface area (Å²) < 4.78 is 5.71. The minimum Gasteiger partial charge on any atom is -0.448 e. The molecule has 1 fully saturated rings. The predicted octanol–water partition coefficient (Wildman–Crippen LogP) is 4.29. The topological polar surface area (TPSA) is 41.6 Å². The largest absolute Gasteiger partial charge is 0.448 e. The average Bonchev–Trinajstić information content (AvgIpc) is 3.01. The lowest BCUT2D eigenvalue weighted by molar-refractivity contribution is 0.101. The Morgan fingerprint density at radius 1 is 1.11 bits per heavy atom. The van der Waals surface area contributed by atoms with Gasteiger partial charge >= 0.3 is 6.09 Å². The summed E-state index contributed by atoms with van der Waals surface area (Å²) in [7, 11) is 1.84. The van der Waals surface area contributed by atoms with Gasteiger partial charge < -0.3 is 15.0 Å². The molecule has 144 valence electrons. The highest BCUT2D eigenvalue weighted by Crippen LogP contribution is 2.44. The standard InChI is InChI=1S/C22H26N2O2.ClH/c1-24(14-16-7-6-12-23-13-16)22(25)26-15-21-19-10-4-2-8-17(19)18-9-3-5-11-20(18)21;/h2-5,8-11,16,21,23H,6-7,12-15H2,1H3;1H. The fourth-order valence-electron chi connectivity index (χ4n) is 4.25. The first-order chi connectivity index (χ1) is 12.7. The number of fused-ring (bicyclic) bond motifs is 3. The third-order valence-electron chi connectivity index (χ3n) is 5.58. The van der Waals surface area contributed by atoms with Gasteiger partial charge in [-0.3, -0.25) is 0 Å². The minimum atomic E-state index is -0.225. The van der Waals surface area contributed by atoms with Crippen molar-refractivity contribution < 1.29 is 9.53 Å². The summed E-state index contributed by atoms with van der Waals surface area (Å²) in [5.41, 5.74) is 5.01. The number of carbonyl (C=O) groups excluding carboxylic acids is 1. The summed E-state index contributed by atoms with van der Waals surface area (Å²) in [5.74, 6) is 0.644. The summed E-state index contributed by atoms with van der Waals surface area (Å²) in [6.07, 6.45) is 2.13. The Kier molecular flexibility index (Phi) is 6.40. The van der Waals surface area contributed by atoms with Crippen LogP contribution in [0.2, 0.25) is 0 Å². The Hall–Kier alpha value is -2.04. The molecule has 2 aromatic rings. The maximum absolute atomic E-state index is 12.5. The monoisotopic (exact) mass is 386 g/mol. The third-order valence-corrected chi connectivity index (χ3v) is 5.58. The van der Waals surface area contributed by atoms with Crippen LogP contribution in [0, 0.1) is 5.92 Å². The Morgan fingerprint density at radius 3 is 2.33 bits per heavy atom. The van der Waals surface area contributed by atoms with Gasteiger partial charge in [0.15, 0.2) is 0 Å². The summed E-state index contributed by atoms with van der Waals surface area (Å²) in [5, 5.41) is 3.40. The van der Waals surface area contributed by atoms with E-state index < -0.39 is 0 Å². The first-order valence-electron chi connectivity index (χ1n) is 9.51. The molecular weight excluding hydrogens is 360 g/mol. The predicted molar refractivity (Wildman–Crippen MR) is 111 cm³/mol. The van der Waals surface area contributed by atoms with E-state index in [1.54, 1.807) is 4.90 Å². The Morgan fingerprint density at radius 2 is 1.74 bits per heavy atom. The average molecular weight is 387 g/mol. The molecule has 27 heavy (non-hydrogen) atoms. The summed E-state index contributed by atoms with van der Waals surface area (Å²) in [6, 6.07) is 16.8. The van der Waals surface area contributed by atoms with Crippen LogP contribution >= 0.6 is 12.4 Å². The van der Waals surface area contributed by atoms with Gasteiger partial charge in [-0.2, -0.15) is 0 Å². The highest BCUT2D eigenvalue weighted by molar-refractivity contribution is 5.85. The van der Waals surface area contributed by atoms with Gasteiger partial charge in [0.05, 0.1) is 0 Å². The van der Waals surface area contributed by atoms with E-state index in [9.17, 15) is 4.79 Å². The number of nitrogens with one attached hydrogen (secondary N) is 1. The van der Waals surface area contributed by atoms with Gasteiger partial charge in [-0.25, -0.2) is 4.79 Å².